The molecule has 0 saturated carbocycles. The molecule has 4 aromatic carbocycles. The molecule has 0 N–H and O–H groups in total. The molecule has 0 spiro atoms. The number of para-hydroxylation sites is 2. The summed E-state index contributed by atoms with van der Waals surface area (Å²) in [6, 6.07) is 32.7. The summed E-state index contributed by atoms with van der Waals surface area (Å²) in [5, 5.41) is 0. The number of hydrogen-bond acceptors (Lipinski definition) is 4. The van der Waals surface area contributed by atoms with Gasteiger partial charge in [-0.2, -0.15) is 0 Å². The molecule has 168 valence electrons. The molecule has 0 radical (unpaired) electrons. The van der Waals surface area contributed by atoms with Crippen LogP contribution < -0.4 is 9.47 Å². The Morgan fingerprint density at radius 2 is 0.912 bits per heavy atom. The van der Waals surface area contributed by atoms with Crippen LogP contribution in [0.4, 0.5) is 0 Å². The van der Waals surface area contributed by atoms with Gasteiger partial charge in [0.1, 0.15) is 24.7 Å². The first-order valence-corrected chi connectivity index (χ1v) is 11.4. The van der Waals surface area contributed by atoms with Gasteiger partial charge in [-0.05, 0) is 52.6 Å². The highest BCUT2D eigenvalue weighted by Crippen LogP contribution is 2.21. The molecule has 1 aliphatic rings. The third-order valence-corrected chi connectivity index (χ3v) is 5.62. The molecule has 0 aliphatic carbocycles. The minimum Gasteiger partial charge on any atom is -0.488 e. The Morgan fingerprint density at radius 3 is 1.44 bits per heavy atom. The van der Waals surface area contributed by atoms with E-state index in [0.29, 0.717) is 26.3 Å². The van der Waals surface area contributed by atoms with E-state index in [4.69, 9.17) is 9.47 Å². The van der Waals surface area contributed by atoms with Crippen molar-refractivity contribution in [3.8, 4) is 11.5 Å². The second-order valence-corrected chi connectivity index (χ2v) is 8.23. The van der Waals surface area contributed by atoms with E-state index in [9.17, 15) is 0 Å². The fourth-order valence-corrected chi connectivity index (χ4v) is 3.89. The van der Waals surface area contributed by atoms with E-state index in [1.165, 1.54) is 0 Å². The summed E-state index contributed by atoms with van der Waals surface area (Å²) >= 11 is 0. The van der Waals surface area contributed by atoms with Crippen LogP contribution in [0.1, 0.15) is 33.4 Å². The van der Waals surface area contributed by atoms with Crippen LogP contribution >= 0.6 is 0 Å². The standard InChI is InChI=1S/C30H26N2O2/c1-3-13-29-27(11-1)19-31-17-23-7-5-8-24(15-23)18-32-20-28-12-2-4-14-30(28)34-22-26-10-6-9-25(16-26)21-33-29/h1-16,19-20H,17-18,21-22H2. The maximum atomic E-state index is 6.16. The maximum absolute atomic E-state index is 6.16. The van der Waals surface area contributed by atoms with Crippen molar-refractivity contribution in [2.75, 3.05) is 0 Å². The number of ether oxygens (including phenoxy) is 2. The lowest BCUT2D eigenvalue weighted by atomic mass is 10.1. The van der Waals surface area contributed by atoms with Crippen LogP contribution in [0, 0.1) is 0 Å². The van der Waals surface area contributed by atoms with Gasteiger partial charge in [0.2, 0.25) is 0 Å². The van der Waals surface area contributed by atoms with E-state index >= 15 is 0 Å². The Balaban J connectivity index is 1.46. The van der Waals surface area contributed by atoms with Crippen molar-refractivity contribution in [3.05, 3.63) is 130 Å². The minimum atomic E-state index is 0.476. The zero-order valence-corrected chi connectivity index (χ0v) is 18.9. The molecule has 4 aromatic rings. The summed E-state index contributed by atoms with van der Waals surface area (Å²) in [4.78, 5) is 9.34. The largest absolute Gasteiger partial charge is 0.488 e. The molecular weight excluding hydrogens is 420 g/mol. The summed E-state index contributed by atoms with van der Waals surface area (Å²) in [5.74, 6) is 1.64. The fourth-order valence-electron chi connectivity index (χ4n) is 3.89. The molecule has 0 aromatic heterocycles. The maximum Gasteiger partial charge on any atom is 0.128 e. The van der Waals surface area contributed by atoms with Crippen LogP contribution in [0.3, 0.4) is 0 Å². The molecule has 5 rings (SSSR count). The van der Waals surface area contributed by atoms with Crippen LogP contribution in [-0.4, -0.2) is 12.4 Å². The summed E-state index contributed by atoms with van der Waals surface area (Å²) in [7, 11) is 0. The summed E-state index contributed by atoms with van der Waals surface area (Å²) < 4.78 is 12.3. The molecule has 0 unspecified atom stereocenters. The van der Waals surface area contributed by atoms with Gasteiger partial charge in [0.25, 0.3) is 0 Å². The van der Waals surface area contributed by atoms with Gasteiger partial charge in [-0.25, -0.2) is 0 Å². The van der Waals surface area contributed by atoms with Crippen LogP contribution in [0.2, 0.25) is 0 Å². The van der Waals surface area contributed by atoms with Crippen molar-refractivity contribution >= 4 is 12.4 Å². The molecule has 1 heterocycles. The van der Waals surface area contributed by atoms with E-state index < -0.39 is 0 Å². The molecule has 0 atom stereocenters. The molecule has 4 nitrogen and oxygen atoms in total. The molecule has 1 aliphatic heterocycles. The zero-order valence-electron chi connectivity index (χ0n) is 18.9. The average Bonchev–Trinajstić information content (AvgIpc) is 2.88. The van der Waals surface area contributed by atoms with Crippen LogP contribution in [0.15, 0.2) is 107 Å². The smallest absolute Gasteiger partial charge is 0.128 e. The molecule has 4 heteroatoms. The fraction of sp³-hybridized carbons (Fsp3) is 0.133. The number of fused-ring (bicyclic) bond motifs is 6. The lowest BCUT2D eigenvalue weighted by Crippen LogP contribution is -2.02. The highest BCUT2D eigenvalue weighted by molar-refractivity contribution is 5.84. The monoisotopic (exact) mass is 446 g/mol. The van der Waals surface area contributed by atoms with E-state index in [1.54, 1.807) is 0 Å². The molecule has 4 bridgehead atoms. The Hall–Kier alpha value is -4.18. The zero-order chi connectivity index (χ0) is 23.0. The van der Waals surface area contributed by atoms with E-state index in [-0.39, 0.29) is 0 Å². The van der Waals surface area contributed by atoms with Gasteiger partial charge in [0, 0.05) is 23.6 Å². The van der Waals surface area contributed by atoms with Gasteiger partial charge < -0.3 is 9.47 Å². The Bertz CT molecular complexity index is 1230. The summed E-state index contributed by atoms with van der Waals surface area (Å²) in [5.41, 5.74) is 6.42. The van der Waals surface area contributed by atoms with Gasteiger partial charge in [-0.15, -0.1) is 0 Å². The summed E-state index contributed by atoms with van der Waals surface area (Å²) in [6.07, 6.45) is 3.78. The third kappa shape index (κ3) is 5.59. The number of hydrogen-bond donors (Lipinski definition) is 0. The molecule has 0 fully saturated rings. The topological polar surface area (TPSA) is 43.2 Å². The van der Waals surface area contributed by atoms with Gasteiger partial charge in [-0.1, -0.05) is 66.7 Å². The van der Waals surface area contributed by atoms with Gasteiger partial charge in [0.15, 0.2) is 0 Å². The lowest BCUT2D eigenvalue weighted by molar-refractivity contribution is 0.299. The highest BCUT2D eigenvalue weighted by atomic mass is 16.5. The second-order valence-electron chi connectivity index (χ2n) is 8.23. The quantitative estimate of drug-likeness (QED) is 0.314. The predicted molar refractivity (Wildman–Crippen MR) is 137 cm³/mol. The van der Waals surface area contributed by atoms with Crippen LogP contribution in [0.25, 0.3) is 0 Å². The lowest BCUT2D eigenvalue weighted by Gasteiger charge is -2.12. The van der Waals surface area contributed by atoms with Crippen molar-refractivity contribution in [1.82, 2.24) is 0 Å². The average molecular weight is 447 g/mol. The highest BCUT2D eigenvalue weighted by Gasteiger charge is 2.05. The number of aliphatic imine (C=N–C) groups is 2. The van der Waals surface area contributed by atoms with E-state index in [0.717, 1.165) is 44.9 Å². The molecular formula is C30H26N2O2. The second kappa shape index (κ2) is 10.6. The Labute approximate surface area is 200 Å². The van der Waals surface area contributed by atoms with Gasteiger partial charge >= 0.3 is 0 Å². The first-order chi connectivity index (χ1) is 16.8. The first kappa shape index (κ1) is 21.7. The Morgan fingerprint density at radius 1 is 0.471 bits per heavy atom. The molecule has 0 saturated heterocycles. The third-order valence-electron chi connectivity index (χ3n) is 5.62. The van der Waals surface area contributed by atoms with Crippen LogP contribution in [-0.2, 0) is 26.3 Å². The first-order valence-electron chi connectivity index (χ1n) is 11.4. The van der Waals surface area contributed by atoms with Crippen molar-refractivity contribution in [2.45, 2.75) is 26.3 Å². The van der Waals surface area contributed by atoms with Crippen molar-refractivity contribution in [2.24, 2.45) is 9.98 Å². The molecule has 0 amide bonds. The normalized spacial score (nSPS) is 13.6. The minimum absolute atomic E-state index is 0.476. The SMILES string of the molecule is C1=NCc2cccc(c2)CN=Cc2ccccc2OCc2cccc(c2)COc2ccccc21. The summed E-state index contributed by atoms with van der Waals surface area (Å²) in [6.45, 7) is 2.16. The number of rotatable bonds is 0. The van der Waals surface area contributed by atoms with Crippen molar-refractivity contribution in [1.29, 1.82) is 0 Å². The van der Waals surface area contributed by atoms with Crippen LogP contribution in [0.5, 0.6) is 11.5 Å². The number of benzene rings is 4. The van der Waals surface area contributed by atoms with Gasteiger partial charge in [0.05, 0.1) is 13.1 Å². The molecule has 34 heavy (non-hydrogen) atoms. The Kier molecular flexibility index (Phi) is 6.77. The number of nitrogens with zero attached hydrogens (tertiary/aromatic N) is 2. The van der Waals surface area contributed by atoms with Crippen molar-refractivity contribution in [3.63, 3.8) is 0 Å². The van der Waals surface area contributed by atoms with E-state index in [1.807, 2.05) is 67.0 Å². The predicted octanol–water partition coefficient (Wildman–Crippen LogP) is 6.40. The van der Waals surface area contributed by atoms with Gasteiger partial charge in [-0.3, -0.25) is 9.98 Å². The van der Waals surface area contributed by atoms with Crippen molar-refractivity contribution < 1.29 is 9.47 Å². The van der Waals surface area contributed by atoms with E-state index in [2.05, 4.69) is 52.4 Å².